The van der Waals surface area contributed by atoms with Gasteiger partial charge in [-0.25, -0.2) is 0 Å². The molecule has 0 spiro atoms. The molecule has 0 saturated heterocycles. The summed E-state index contributed by atoms with van der Waals surface area (Å²) in [6.45, 7) is -17.5. The zero-order valence-electron chi connectivity index (χ0n) is 27.7. The van der Waals surface area contributed by atoms with Gasteiger partial charge in [0.25, 0.3) is 0 Å². The van der Waals surface area contributed by atoms with E-state index in [1.54, 1.807) is 0 Å². The Labute approximate surface area is 141 Å². The van der Waals surface area contributed by atoms with Crippen LogP contribution in [0.5, 0.6) is 5.75 Å². The Morgan fingerprint density at radius 1 is 1.42 bits per heavy atom. The van der Waals surface area contributed by atoms with Crippen LogP contribution in [-0.4, -0.2) is 43.9 Å². The van der Waals surface area contributed by atoms with Crippen molar-refractivity contribution in [2.24, 2.45) is 0 Å². The average Bonchev–Trinajstić information content (AvgIpc) is 2.63. The minimum Gasteiger partial charge on any atom is -0.491 e. The molecular formula is C15H25NO3. The number of aliphatic hydroxyl groups is 1. The molecule has 1 rings (SSSR count). The van der Waals surface area contributed by atoms with E-state index in [0.29, 0.717) is 0 Å². The number of methoxy groups -OCH3 is 1. The van der Waals surface area contributed by atoms with Crippen molar-refractivity contribution < 1.29 is 39.3 Å². The van der Waals surface area contributed by atoms with E-state index in [1.165, 1.54) is 5.32 Å². The van der Waals surface area contributed by atoms with Crippen molar-refractivity contribution in [1.29, 1.82) is 0 Å². The summed E-state index contributed by atoms with van der Waals surface area (Å²) in [6.07, 6.45) is -5.94. The Balaban J connectivity index is 3.20. The van der Waals surface area contributed by atoms with Crippen molar-refractivity contribution in [2.75, 3.05) is 26.7 Å². The van der Waals surface area contributed by atoms with Gasteiger partial charge < -0.3 is 19.9 Å². The van der Waals surface area contributed by atoms with E-state index in [-0.39, 0.29) is 0 Å². The summed E-state index contributed by atoms with van der Waals surface area (Å²) in [5, 5.41) is 11.7. The Kier molecular flexibility index (Phi) is 1.86. The quantitative estimate of drug-likeness (QED) is 0.724. The van der Waals surface area contributed by atoms with Gasteiger partial charge in [0, 0.05) is 34.6 Å². The molecule has 108 valence electrons. The van der Waals surface area contributed by atoms with Crippen LogP contribution >= 0.6 is 0 Å². The molecule has 4 nitrogen and oxygen atoms in total. The Morgan fingerprint density at radius 2 is 2.21 bits per heavy atom. The van der Waals surface area contributed by atoms with E-state index in [2.05, 4.69) is 4.74 Å². The average molecular weight is 285 g/mol. The number of aryl methyl sites for hydroxylation is 1. The molecular weight excluding hydrogens is 242 g/mol. The van der Waals surface area contributed by atoms with Crippen molar-refractivity contribution in [3.8, 4) is 5.75 Å². The molecule has 1 atom stereocenters. The fourth-order valence-corrected chi connectivity index (χ4v) is 0.985. The van der Waals surface area contributed by atoms with Gasteiger partial charge in [0.05, 0.1) is 16.2 Å². The molecule has 4 heteroatoms. The maximum absolute atomic E-state index is 10.3. The first-order chi connectivity index (χ1) is 16.0. The summed E-state index contributed by atoms with van der Waals surface area (Å²) >= 11 is 0. The largest absolute Gasteiger partial charge is 0.491 e. The van der Waals surface area contributed by atoms with Crippen LogP contribution in [0.15, 0.2) is 24.3 Å². The van der Waals surface area contributed by atoms with Crippen LogP contribution in [0.25, 0.3) is 0 Å². The SMILES string of the molecule is [2H]C([2H])([2H])OC([2H])([2H])C([2H])([2H])c1ccc(OC([2H])([2H])C(O)C([2H])([2H])NC([2H])(C([2H])([2H])[2H])C([2H])([2H])[2H])cc1. The van der Waals surface area contributed by atoms with E-state index in [4.69, 9.17) is 29.4 Å². The topological polar surface area (TPSA) is 50.7 Å². The number of hydrogen-bond donors (Lipinski definition) is 2. The monoisotopic (exact) mass is 285 g/mol. The van der Waals surface area contributed by atoms with Gasteiger partial charge in [0.1, 0.15) is 18.4 Å². The highest BCUT2D eigenvalue weighted by molar-refractivity contribution is 5.27. The van der Waals surface area contributed by atoms with Crippen molar-refractivity contribution in [3.63, 3.8) is 0 Å². The lowest BCUT2D eigenvalue weighted by atomic mass is 10.1. The van der Waals surface area contributed by atoms with Gasteiger partial charge in [-0.2, -0.15) is 0 Å². The second kappa shape index (κ2) is 8.91. The van der Waals surface area contributed by atoms with Crippen molar-refractivity contribution >= 4 is 0 Å². The second-order valence-corrected chi connectivity index (χ2v) is 3.12. The molecule has 0 amide bonds. The first kappa shape index (κ1) is 3.97. The number of hydrogen-bond acceptors (Lipinski definition) is 4. The number of ether oxygens (including phenoxy) is 2. The molecule has 2 N–H and O–H groups in total. The summed E-state index contributed by atoms with van der Waals surface area (Å²) in [7, 11) is -3.27. The molecule has 0 heterocycles. The molecule has 0 radical (unpaired) electrons. The first-order valence-electron chi connectivity index (χ1n) is 14.0. The van der Waals surface area contributed by atoms with E-state index in [9.17, 15) is 5.11 Å². The van der Waals surface area contributed by atoms with Crippen LogP contribution in [0, 0.1) is 0 Å². The third-order valence-corrected chi connectivity index (χ3v) is 1.72. The van der Waals surface area contributed by atoms with E-state index >= 15 is 0 Å². The van der Waals surface area contributed by atoms with Gasteiger partial charge in [-0.05, 0) is 24.1 Å². The molecule has 0 bridgehead atoms. The van der Waals surface area contributed by atoms with Gasteiger partial charge >= 0.3 is 0 Å². The van der Waals surface area contributed by atoms with E-state index in [0.717, 1.165) is 24.3 Å². The summed E-state index contributed by atoms with van der Waals surface area (Å²) in [4.78, 5) is 0. The third kappa shape index (κ3) is 7.15. The maximum atomic E-state index is 10.3. The lowest BCUT2D eigenvalue weighted by molar-refractivity contribution is 0.104. The summed E-state index contributed by atoms with van der Waals surface area (Å²) in [5.41, 5.74) is -0.457. The number of aliphatic hydroxyl groups excluding tert-OH is 1. The Morgan fingerprint density at radius 3 is 2.89 bits per heavy atom. The van der Waals surface area contributed by atoms with Crippen molar-refractivity contribution in [2.45, 2.75) is 32.2 Å². The van der Waals surface area contributed by atoms with Gasteiger partial charge in [0.2, 0.25) is 0 Å². The van der Waals surface area contributed by atoms with Crippen LogP contribution in [0.2, 0.25) is 0 Å². The Bertz CT molecular complexity index is 906. The van der Waals surface area contributed by atoms with Crippen LogP contribution < -0.4 is 10.1 Å². The summed E-state index contributed by atoms with van der Waals surface area (Å²) < 4.78 is 144. The van der Waals surface area contributed by atoms with Gasteiger partial charge in [-0.1, -0.05) is 25.8 Å². The highest BCUT2D eigenvalue weighted by Gasteiger charge is 2.05. The van der Waals surface area contributed by atoms with Crippen LogP contribution in [0.3, 0.4) is 0 Å². The molecule has 0 aromatic heterocycles. The maximum Gasteiger partial charge on any atom is 0.119 e. The van der Waals surface area contributed by atoms with E-state index in [1.807, 2.05) is 0 Å². The molecule has 0 aliphatic rings. The first-order valence-corrected chi connectivity index (χ1v) is 4.97. The predicted molar refractivity (Wildman–Crippen MR) is 76.7 cm³/mol. The number of nitrogens with one attached hydrogen (secondary N) is 1. The highest BCUT2D eigenvalue weighted by Crippen LogP contribution is 2.12. The summed E-state index contributed by atoms with van der Waals surface area (Å²) in [5.74, 6) is -0.472. The van der Waals surface area contributed by atoms with Gasteiger partial charge in [0.15, 0.2) is 0 Å². The minimum absolute atomic E-state index is 0.457. The lowest BCUT2D eigenvalue weighted by Gasteiger charge is -2.15. The lowest BCUT2D eigenvalue weighted by Crippen LogP contribution is -2.35. The zero-order valence-corrected chi connectivity index (χ0v) is 9.65. The number of rotatable bonds is 9. The molecule has 19 heavy (non-hydrogen) atoms. The molecule has 0 aliphatic carbocycles. The van der Waals surface area contributed by atoms with Gasteiger partial charge in [-0.3, -0.25) is 0 Å². The predicted octanol–water partition coefficient (Wildman–Crippen LogP) is 1.61. The normalized spacial score (nSPS) is 32.3. The molecule has 1 unspecified atom stereocenters. The smallest absolute Gasteiger partial charge is 0.119 e. The molecule has 1 aromatic rings. The molecule has 0 saturated carbocycles. The standard InChI is InChI=1S/C15H25NO3/c1-12(2)16-10-14(17)11-19-15-6-4-13(5-7-15)8-9-18-3/h4-7,12,14,16-17H,8-11H2,1-3H3/i1D3,2D3,3D3,8D2,9D2,10D2,11D2,12D. The molecule has 1 aromatic carbocycles. The molecule has 0 aliphatic heterocycles. The van der Waals surface area contributed by atoms with Crippen molar-refractivity contribution in [3.05, 3.63) is 29.8 Å². The second-order valence-electron chi connectivity index (χ2n) is 3.12. The third-order valence-electron chi connectivity index (χ3n) is 1.72. The fraction of sp³-hybridized carbons (Fsp3) is 0.600. The fourth-order valence-electron chi connectivity index (χ4n) is 0.985. The van der Waals surface area contributed by atoms with Crippen LogP contribution in [0.1, 0.15) is 43.9 Å². The minimum atomic E-state index is -3.65. The summed E-state index contributed by atoms with van der Waals surface area (Å²) in [6, 6.07) is -0.131. The van der Waals surface area contributed by atoms with Crippen LogP contribution in [-0.2, 0) is 11.1 Å². The highest BCUT2D eigenvalue weighted by atomic mass is 16.5. The van der Waals surface area contributed by atoms with E-state index < -0.39 is 70.2 Å². The molecule has 0 fully saturated rings. The zero-order chi connectivity index (χ0) is 29.7. The van der Waals surface area contributed by atoms with Crippen LogP contribution in [0.4, 0.5) is 0 Å². The van der Waals surface area contributed by atoms with Crippen molar-refractivity contribution in [1.82, 2.24) is 5.32 Å². The Hall–Kier alpha value is -1.10. The van der Waals surface area contributed by atoms with Gasteiger partial charge in [-0.15, -0.1) is 0 Å². The number of benzene rings is 1.